The van der Waals surface area contributed by atoms with E-state index >= 15 is 0 Å². The lowest BCUT2D eigenvalue weighted by Crippen LogP contribution is -2.07. The summed E-state index contributed by atoms with van der Waals surface area (Å²) < 4.78 is 59.6. The topological polar surface area (TPSA) is 21.3 Å². The van der Waals surface area contributed by atoms with Crippen LogP contribution in [0.2, 0.25) is 0 Å². The lowest BCUT2D eigenvalue weighted by molar-refractivity contribution is -0.137. The Morgan fingerprint density at radius 3 is 2.38 bits per heavy atom. The molecule has 6 heteroatoms. The van der Waals surface area contributed by atoms with Crippen molar-refractivity contribution in [1.82, 2.24) is 0 Å². The second-order valence-corrected chi connectivity index (χ2v) is 7.77. The molecular formula is C26H23F4NO. The minimum Gasteiger partial charge on any atom is -0.488 e. The van der Waals surface area contributed by atoms with Gasteiger partial charge in [-0.2, -0.15) is 13.2 Å². The largest absolute Gasteiger partial charge is 0.488 e. The molecule has 1 aliphatic rings. The van der Waals surface area contributed by atoms with Crippen molar-refractivity contribution < 1.29 is 22.3 Å². The highest BCUT2D eigenvalue weighted by atomic mass is 19.4. The second kappa shape index (κ2) is 9.07. The predicted octanol–water partition coefficient (Wildman–Crippen LogP) is 7.56. The van der Waals surface area contributed by atoms with Crippen molar-refractivity contribution in [3.8, 4) is 5.75 Å². The third-order valence-electron chi connectivity index (χ3n) is 5.66. The summed E-state index contributed by atoms with van der Waals surface area (Å²) in [5.74, 6) is 0.0371. The Balaban J connectivity index is 1.76. The fourth-order valence-electron chi connectivity index (χ4n) is 4.03. The van der Waals surface area contributed by atoms with Gasteiger partial charge >= 0.3 is 6.18 Å². The Bertz CT molecular complexity index is 1130. The first-order valence-electron chi connectivity index (χ1n) is 10.4. The molecule has 1 N–H and O–H groups in total. The van der Waals surface area contributed by atoms with Crippen LogP contribution in [0.1, 0.15) is 41.5 Å². The molecule has 0 radical (unpaired) electrons. The number of alkyl halides is 3. The van der Waals surface area contributed by atoms with Crippen molar-refractivity contribution in [2.75, 3.05) is 12.4 Å². The SMILES string of the molecule is CNc1cccc(C2=C(c3cc(C(F)(F)F)ccc3OCc3ccc(F)cc3)CCC2)c1. The summed E-state index contributed by atoms with van der Waals surface area (Å²) in [4.78, 5) is 0. The Morgan fingerprint density at radius 1 is 0.906 bits per heavy atom. The summed E-state index contributed by atoms with van der Waals surface area (Å²) in [7, 11) is 1.83. The van der Waals surface area contributed by atoms with E-state index in [9.17, 15) is 17.6 Å². The molecule has 0 aliphatic heterocycles. The van der Waals surface area contributed by atoms with Gasteiger partial charge in [0.05, 0.1) is 5.56 Å². The predicted molar refractivity (Wildman–Crippen MR) is 119 cm³/mol. The van der Waals surface area contributed by atoms with Gasteiger partial charge in [-0.3, -0.25) is 0 Å². The van der Waals surface area contributed by atoms with E-state index in [2.05, 4.69) is 5.32 Å². The van der Waals surface area contributed by atoms with Crippen LogP contribution < -0.4 is 10.1 Å². The van der Waals surface area contributed by atoms with Gasteiger partial charge in [-0.15, -0.1) is 0 Å². The fourth-order valence-corrected chi connectivity index (χ4v) is 4.03. The monoisotopic (exact) mass is 441 g/mol. The van der Waals surface area contributed by atoms with Gasteiger partial charge in [0.25, 0.3) is 0 Å². The number of halogens is 4. The molecule has 0 heterocycles. The average molecular weight is 441 g/mol. The van der Waals surface area contributed by atoms with E-state index in [1.807, 2.05) is 31.3 Å². The lowest BCUT2D eigenvalue weighted by Gasteiger charge is -2.17. The van der Waals surface area contributed by atoms with E-state index in [0.29, 0.717) is 17.7 Å². The highest BCUT2D eigenvalue weighted by Gasteiger charge is 2.32. The van der Waals surface area contributed by atoms with Crippen LogP contribution in [0.25, 0.3) is 11.1 Å². The molecule has 2 nitrogen and oxygen atoms in total. The van der Waals surface area contributed by atoms with Gasteiger partial charge in [0, 0.05) is 18.3 Å². The molecule has 0 bridgehead atoms. The normalized spacial score (nSPS) is 14.0. The van der Waals surface area contributed by atoms with E-state index in [-0.39, 0.29) is 12.4 Å². The highest BCUT2D eigenvalue weighted by molar-refractivity contribution is 5.95. The lowest BCUT2D eigenvalue weighted by atomic mass is 9.94. The Labute approximate surface area is 184 Å². The molecule has 0 saturated carbocycles. The maximum absolute atomic E-state index is 13.5. The van der Waals surface area contributed by atoms with Crippen molar-refractivity contribution in [2.45, 2.75) is 32.0 Å². The molecule has 0 unspecified atom stereocenters. The molecule has 0 saturated heterocycles. The molecule has 1 aliphatic carbocycles. The van der Waals surface area contributed by atoms with Gasteiger partial charge in [-0.05, 0) is 84.0 Å². The van der Waals surface area contributed by atoms with Crippen LogP contribution in [0.15, 0.2) is 66.7 Å². The van der Waals surface area contributed by atoms with E-state index < -0.39 is 11.7 Å². The molecule has 3 aromatic rings. The summed E-state index contributed by atoms with van der Waals surface area (Å²) in [6, 6.07) is 17.3. The summed E-state index contributed by atoms with van der Waals surface area (Å²) in [6.45, 7) is 0.135. The van der Waals surface area contributed by atoms with Gasteiger partial charge in [0.15, 0.2) is 0 Å². The number of hydrogen-bond acceptors (Lipinski definition) is 2. The molecule has 4 rings (SSSR count). The molecule has 0 fully saturated rings. The minimum atomic E-state index is -4.45. The third-order valence-corrected chi connectivity index (χ3v) is 5.66. The second-order valence-electron chi connectivity index (χ2n) is 7.77. The molecular weight excluding hydrogens is 418 g/mol. The first-order valence-corrected chi connectivity index (χ1v) is 10.4. The van der Waals surface area contributed by atoms with Crippen LogP contribution in [-0.4, -0.2) is 7.05 Å². The molecule has 3 aromatic carbocycles. The van der Waals surface area contributed by atoms with Crippen molar-refractivity contribution in [3.63, 3.8) is 0 Å². The molecule has 0 aromatic heterocycles. The van der Waals surface area contributed by atoms with E-state index in [0.717, 1.165) is 46.9 Å². The quantitative estimate of drug-likeness (QED) is 0.399. The van der Waals surface area contributed by atoms with Crippen LogP contribution in [-0.2, 0) is 12.8 Å². The first-order chi connectivity index (χ1) is 15.3. The zero-order chi connectivity index (χ0) is 22.7. The minimum absolute atomic E-state index is 0.135. The Morgan fingerprint density at radius 2 is 1.66 bits per heavy atom. The van der Waals surface area contributed by atoms with Crippen molar-refractivity contribution in [3.05, 3.63) is 94.8 Å². The van der Waals surface area contributed by atoms with E-state index in [1.54, 1.807) is 12.1 Å². The van der Waals surface area contributed by atoms with Crippen molar-refractivity contribution in [2.24, 2.45) is 0 Å². The summed E-state index contributed by atoms with van der Waals surface area (Å²) in [5, 5.41) is 3.11. The molecule has 166 valence electrons. The zero-order valence-corrected chi connectivity index (χ0v) is 17.6. The Hall–Kier alpha value is -3.28. The molecule has 0 amide bonds. The van der Waals surface area contributed by atoms with Gasteiger partial charge < -0.3 is 10.1 Å². The average Bonchev–Trinajstić information content (AvgIpc) is 3.28. The summed E-state index contributed by atoms with van der Waals surface area (Å²) in [6.07, 6.45) is -2.12. The van der Waals surface area contributed by atoms with Crippen molar-refractivity contribution in [1.29, 1.82) is 0 Å². The van der Waals surface area contributed by atoms with Crippen LogP contribution in [0, 0.1) is 5.82 Å². The standard InChI is InChI=1S/C26H23F4NO/c1-31-21-5-2-4-18(14-21)22-6-3-7-23(22)24-15-19(26(28,29)30)10-13-25(24)32-16-17-8-11-20(27)12-9-17/h2,4-5,8-15,31H,3,6-7,16H2,1H3. The van der Waals surface area contributed by atoms with Crippen molar-refractivity contribution >= 4 is 16.8 Å². The van der Waals surface area contributed by atoms with Gasteiger partial charge in [0.2, 0.25) is 0 Å². The smallest absolute Gasteiger partial charge is 0.416 e. The number of benzene rings is 3. The maximum Gasteiger partial charge on any atom is 0.416 e. The molecule has 0 atom stereocenters. The van der Waals surface area contributed by atoms with E-state index in [4.69, 9.17) is 4.74 Å². The summed E-state index contributed by atoms with van der Waals surface area (Å²) >= 11 is 0. The number of ether oxygens (including phenoxy) is 1. The summed E-state index contributed by atoms with van der Waals surface area (Å²) in [5.41, 5.74) is 4.34. The number of hydrogen-bond donors (Lipinski definition) is 1. The van der Waals surface area contributed by atoms with E-state index in [1.165, 1.54) is 24.3 Å². The first kappa shape index (κ1) is 21.9. The number of rotatable bonds is 6. The Kier molecular flexibility index (Phi) is 6.21. The van der Waals surface area contributed by atoms with Crippen LogP contribution in [0.5, 0.6) is 5.75 Å². The number of allylic oxidation sites excluding steroid dienone is 2. The fraction of sp³-hybridized carbons (Fsp3) is 0.231. The zero-order valence-electron chi connectivity index (χ0n) is 17.6. The molecule has 0 spiro atoms. The number of nitrogens with one attached hydrogen (secondary N) is 1. The van der Waals surface area contributed by atoms with Crippen LogP contribution in [0.4, 0.5) is 23.2 Å². The maximum atomic E-state index is 13.5. The number of anilines is 1. The van der Waals surface area contributed by atoms with Crippen LogP contribution in [0.3, 0.4) is 0 Å². The highest BCUT2D eigenvalue weighted by Crippen LogP contribution is 2.45. The van der Waals surface area contributed by atoms with Gasteiger partial charge in [-0.1, -0.05) is 24.3 Å². The third kappa shape index (κ3) is 4.79. The molecule has 32 heavy (non-hydrogen) atoms. The van der Waals surface area contributed by atoms with Crippen LogP contribution >= 0.6 is 0 Å². The van der Waals surface area contributed by atoms with Gasteiger partial charge in [-0.25, -0.2) is 4.39 Å². The van der Waals surface area contributed by atoms with Gasteiger partial charge in [0.1, 0.15) is 18.2 Å².